The van der Waals surface area contributed by atoms with Gasteiger partial charge in [0, 0.05) is 6.92 Å². The number of rotatable bonds is 1. The normalized spacial score (nSPS) is 49.6. The van der Waals surface area contributed by atoms with Crippen molar-refractivity contribution in [3.63, 3.8) is 0 Å². The molecule has 3 nitrogen and oxygen atoms in total. The SMILES string of the molecule is CCC1OC2(C)OCCC1O2. The van der Waals surface area contributed by atoms with E-state index in [0.29, 0.717) is 0 Å². The summed E-state index contributed by atoms with van der Waals surface area (Å²) in [5, 5.41) is 0. The van der Waals surface area contributed by atoms with Crippen LogP contribution in [-0.4, -0.2) is 24.8 Å². The number of hydrogen-bond acceptors (Lipinski definition) is 3. The van der Waals surface area contributed by atoms with Crippen LogP contribution < -0.4 is 0 Å². The fraction of sp³-hybridized carbons (Fsp3) is 1.00. The van der Waals surface area contributed by atoms with Crippen molar-refractivity contribution in [2.24, 2.45) is 0 Å². The molecule has 2 fully saturated rings. The van der Waals surface area contributed by atoms with Gasteiger partial charge in [0.05, 0.1) is 18.8 Å². The molecule has 0 amide bonds. The van der Waals surface area contributed by atoms with Gasteiger partial charge < -0.3 is 14.2 Å². The van der Waals surface area contributed by atoms with E-state index >= 15 is 0 Å². The fourth-order valence-corrected chi connectivity index (χ4v) is 1.75. The van der Waals surface area contributed by atoms with Crippen molar-refractivity contribution in [3.8, 4) is 0 Å². The Morgan fingerprint density at radius 2 is 2.27 bits per heavy atom. The monoisotopic (exact) mass is 158 g/mol. The van der Waals surface area contributed by atoms with Gasteiger partial charge in [-0.15, -0.1) is 0 Å². The topological polar surface area (TPSA) is 27.7 Å². The molecule has 3 heteroatoms. The molecule has 2 heterocycles. The van der Waals surface area contributed by atoms with Crippen LogP contribution in [0.4, 0.5) is 0 Å². The minimum atomic E-state index is -0.733. The average Bonchev–Trinajstić information content (AvgIpc) is 2.21. The van der Waals surface area contributed by atoms with Crippen molar-refractivity contribution < 1.29 is 14.2 Å². The molecule has 0 aliphatic carbocycles. The minimum absolute atomic E-state index is 0.238. The highest BCUT2D eigenvalue weighted by Crippen LogP contribution is 2.36. The van der Waals surface area contributed by atoms with E-state index < -0.39 is 5.97 Å². The molecule has 11 heavy (non-hydrogen) atoms. The Labute approximate surface area is 66.6 Å². The first kappa shape index (κ1) is 7.53. The molecule has 0 radical (unpaired) electrons. The minimum Gasteiger partial charge on any atom is -0.328 e. The largest absolute Gasteiger partial charge is 0.328 e. The second kappa shape index (κ2) is 2.44. The molecule has 0 saturated carbocycles. The van der Waals surface area contributed by atoms with E-state index in [1.165, 1.54) is 0 Å². The van der Waals surface area contributed by atoms with Crippen LogP contribution in [0, 0.1) is 0 Å². The molecular formula is C8H14O3. The number of hydrogen-bond donors (Lipinski definition) is 0. The second-order valence-electron chi connectivity index (χ2n) is 3.22. The Morgan fingerprint density at radius 3 is 2.91 bits per heavy atom. The van der Waals surface area contributed by atoms with Crippen LogP contribution in [0.5, 0.6) is 0 Å². The zero-order valence-corrected chi connectivity index (χ0v) is 7.00. The summed E-state index contributed by atoms with van der Waals surface area (Å²) in [5.41, 5.74) is 0. The van der Waals surface area contributed by atoms with E-state index in [9.17, 15) is 0 Å². The third-order valence-corrected chi connectivity index (χ3v) is 2.31. The quantitative estimate of drug-likeness (QED) is 0.575. The van der Waals surface area contributed by atoms with E-state index in [0.717, 1.165) is 19.4 Å². The summed E-state index contributed by atoms with van der Waals surface area (Å²) >= 11 is 0. The Hall–Kier alpha value is -0.120. The first-order chi connectivity index (χ1) is 5.23. The molecule has 0 spiro atoms. The molecule has 0 aromatic heterocycles. The van der Waals surface area contributed by atoms with E-state index in [-0.39, 0.29) is 12.2 Å². The second-order valence-corrected chi connectivity index (χ2v) is 3.22. The Bertz CT molecular complexity index is 159. The van der Waals surface area contributed by atoms with Crippen LogP contribution in [0.1, 0.15) is 26.7 Å². The van der Waals surface area contributed by atoms with Crippen LogP contribution in [0.2, 0.25) is 0 Å². The van der Waals surface area contributed by atoms with Gasteiger partial charge in [-0.2, -0.15) is 0 Å². The van der Waals surface area contributed by atoms with E-state index in [2.05, 4.69) is 6.92 Å². The fourth-order valence-electron chi connectivity index (χ4n) is 1.75. The lowest BCUT2D eigenvalue weighted by molar-refractivity contribution is -0.345. The van der Waals surface area contributed by atoms with Gasteiger partial charge in [-0.1, -0.05) is 6.92 Å². The lowest BCUT2D eigenvalue weighted by Crippen LogP contribution is -2.35. The van der Waals surface area contributed by atoms with Gasteiger partial charge in [0.15, 0.2) is 0 Å². The Morgan fingerprint density at radius 1 is 1.45 bits per heavy atom. The van der Waals surface area contributed by atoms with Crippen molar-refractivity contribution in [1.29, 1.82) is 0 Å². The molecule has 0 aromatic carbocycles. The van der Waals surface area contributed by atoms with Gasteiger partial charge in [0.2, 0.25) is 0 Å². The molecule has 2 rings (SSSR count). The molecular weight excluding hydrogens is 144 g/mol. The molecule has 2 bridgehead atoms. The summed E-state index contributed by atoms with van der Waals surface area (Å²) < 4.78 is 16.5. The Balaban J connectivity index is 2.10. The standard InChI is InChI=1S/C8H14O3/c1-3-6-7-4-5-9-8(2,10-6)11-7/h6-7H,3-5H2,1-2H3. The van der Waals surface area contributed by atoms with Crippen molar-refractivity contribution in [1.82, 2.24) is 0 Å². The van der Waals surface area contributed by atoms with Gasteiger partial charge in [-0.25, -0.2) is 0 Å². The van der Waals surface area contributed by atoms with Crippen LogP contribution in [-0.2, 0) is 14.2 Å². The zero-order chi connectivity index (χ0) is 7.90. The third-order valence-electron chi connectivity index (χ3n) is 2.31. The summed E-state index contributed by atoms with van der Waals surface area (Å²) in [6, 6.07) is 0. The van der Waals surface area contributed by atoms with Crippen molar-refractivity contribution in [3.05, 3.63) is 0 Å². The van der Waals surface area contributed by atoms with Gasteiger partial charge in [-0.05, 0) is 12.8 Å². The van der Waals surface area contributed by atoms with Gasteiger partial charge >= 0.3 is 0 Å². The summed E-state index contributed by atoms with van der Waals surface area (Å²) in [5.74, 6) is -0.733. The lowest BCUT2D eigenvalue weighted by atomic mass is 10.1. The molecule has 3 unspecified atom stereocenters. The molecule has 64 valence electrons. The van der Waals surface area contributed by atoms with Crippen molar-refractivity contribution >= 4 is 0 Å². The van der Waals surface area contributed by atoms with Crippen LogP contribution in [0.3, 0.4) is 0 Å². The highest BCUT2D eigenvalue weighted by Gasteiger charge is 2.47. The molecule has 0 aromatic rings. The van der Waals surface area contributed by atoms with Gasteiger partial charge in [0.1, 0.15) is 0 Å². The maximum atomic E-state index is 5.58. The third kappa shape index (κ3) is 1.17. The summed E-state index contributed by atoms with van der Waals surface area (Å²) in [6.45, 7) is 4.71. The highest BCUT2D eigenvalue weighted by atomic mass is 16.9. The first-order valence-corrected chi connectivity index (χ1v) is 4.23. The smallest absolute Gasteiger partial charge is 0.280 e. The summed E-state index contributed by atoms with van der Waals surface area (Å²) in [7, 11) is 0. The molecule has 3 atom stereocenters. The summed E-state index contributed by atoms with van der Waals surface area (Å²) in [4.78, 5) is 0. The molecule has 2 aliphatic heterocycles. The van der Waals surface area contributed by atoms with E-state index in [1.807, 2.05) is 6.92 Å². The average molecular weight is 158 g/mol. The molecule has 2 saturated heterocycles. The molecule has 0 N–H and O–H groups in total. The van der Waals surface area contributed by atoms with Crippen molar-refractivity contribution in [2.75, 3.05) is 6.61 Å². The van der Waals surface area contributed by atoms with Crippen LogP contribution in [0.15, 0.2) is 0 Å². The van der Waals surface area contributed by atoms with Crippen LogP contribution >= 0.6 is 0 Å². The maximum Gasteiger partial charge on any atom is 0.280 e. The zero-order valence-electron chi connectivity index (χ0n) is 7.00. The van der Waals surface area contributed by atoms with E-state index in [1.54, 1.807) is 0 Å². The predicted octanol–water partition coefficient (Wildman–Crippen LogP) is 1.27. The van der Waals surface area contributed by atoms with Crippen LogP contribution in [0.25, 0.3) is 0 Å². The summed E-state index contributed by atoms with van der Waals surface area (Å²) in [6.07, 6.45) is 2.47. The van der Waals surface area contributed by atoms with Gasteiger partial charge in [0.25, 0.3) is 5.97 Å². The first-order valence-electron chi connectivity index (χ1n) is 4.23. The van der Waals surface area contributed by atoms with E-state index in [4.69, 9.17) is 14.2 Å². The lowest BCUT2D eigenvalue weighted by Gasteiger charge is -2.26. The molecule has 2 aliphatic rings. The maximum absolute atomic E-state index is 5.58. The number of ether oxygens (including phenoxy) is 3. The highest BCUT2D eigenvalue weighted by molar-refractivity contribution is 4.81. The van der Waals surface area contributed by atoms with Gasteiger partial charge in [-0.3, -0.25) is 0 Å². The Kier molecular flexibility index (Phi) is 1.67. The number of fused-ring (bicyclic) bond motifs is 2. The van der Waals surface area contributed by atoms with Crippen molar-refractivity contribution in [2.45, 2.75) is 44.9 Å². The predicted molar refractivity (Wildman–Crippen MR) is 39.0 cm³/mol.